The van der Waals surface area contributed by atoms with E-state index in [-0.39, 0.29) is 27.5 Å². The maximum Gasteiger partial charge on any atom is 0.266 e. The van der Waals surface area contributed by atoms with Crippen LogP contribution in [0.3, 0.4) is 0 Å². The van der Waals surface area contributed by atoms with Crippen LogP contribution in [0, 0.1) is 12.7 Å². The predicted molar refractivity (Wildman–Crippen MR) is 112 cm³/mol. The van der Waals surface area contributed by atoms with Gasteiger partial charge in [-0.1, -0.05) is 11.6 Å². The molecule has 1 aromatic carbocycles. The van der Waals surface area contributed by atoms with Crippen molar-refractivity contribution >= 4 is 28.3 Å². The Bertz CT molecular complexity index is 1410. The summed E-state index contributed by atoms with van der Waals surface area (Å²) in [4.78, 5) is 29.7. The number of aryl methyl sites for hydroxylation is 2. The zero-order valence-electron chi connectivity index (χ0n) is 15.6. The second-order valence-corrected chi connectivity index (χ2v) is 7.13. The number of rotatable bonds is 2. The van der Waals surface area contributed by atoms with Gasteiger partial charge < -0.3 is 10.3 Å². The van der Waals surface area contributed by atoms with Crippen molar-refractivity contribution in [3.63, 3.8) is 0 Å². The van der Waals surface area contributed by atoms with Gasteiger partial charge >= 0.3 is 0 Å². The van der Waals surface area contributed by atoms with Crippen LogP contribution in [0.4, 0.5) is 10.1 Å². The molecular weight excluding hydrogens is 395 g/mol. The van der Waals surface area contributed by atoms with Gasteiger partial charge in [0, 0.05) is 36.0 Å². The van der Waals surface area contributed by atoms with Crippen LogP contribution in [0.2, 0.25) is 5.02 Å². The Morgan fingerprint density at radius 1 is 1.10 bits per heavy atom. The molecule has 0 saturated heterocycles. The van der Waals surface area contributed by atoms with Crippen LogP contribution in [0.5, 0.6) is 0 Å². The summed E-state index contributed by atoms with van der Waals surface area (Å²) in [7, 11) is 1.58. The lowest BCUT2D eigenvalue weighted by Crippen LogP contribution is -2.24. The van der Waals surface area contributed by atoms with Crippen molar-refractivity contribution in [1.29, 1.82) is 0 Å². The van der Waals surface area contributed by atoms with Crippen molar-refractivity contribution in [2.75, 3.05) is 5.73 Å². The maximum atomic E-state index is 14.1. The van der Waals surface area contributed by atoms with Gasteiger partial charge in [0.15, 0.2) is 0 Å². The summed E-state index contributed by atoms with van der Waals surface area (Å²) in [5, 5.41) is 0.485. The summed E-state index contributed by atoms with van der Waals surface area (Å²) in [6.45, 7) is 1.79. The molecule has 4 aromatic rings. The number of hydrogen-bond acceptors (Lipinski definition) is 4. The number of nitrogens with two attached hydrogens (primary N) is 1. The molecule has 6 nitrogen and oxygen atoms in total. The van der Waals surface area contributed by atoms with E-state index >= 15 is 0 Å². The molecule has 0 saturated carbocycles. The molecule has 29 heavy (non-hydrogen) atoms. The molecule has 146 valence electrons. The highest BCUT2D eigenvalue weighted by Crippen LogP contribution is 2.30. The third-order valence-electron chi connectivity index (χ3n) is 4.74. The fourth-order valence-electron chi connectivity index (χ4n) is 3.27. The summed E-state index contributed by atoms with van der Waals surface area (Å²) in [5.74, 6) is -0.655. The lowest BCUT2D eigenvalue weighted by atomic mass is 10.0. The molecule has 0 fully saturated rings. The minimum absolute atomic E-state index is 0.0519. The second-order valence-electron chi connectivity index (χ2n) is 6.72. The van der Waals surface area contributed by atoms with Crippen LogP contribution in [0.15, 0.2) is 58.3 Å². The minimum atomic E-state index is -0.655. The highest BCUT2D eigenvalue weighted by atomic mass is 35.5. The van der Waals surface area contributed by atoms with Crippen molar-refractivity contribution in [2.45, 2.75) is 6.92 Å². The van der Waals surface area contributed by atoms with Gasteiger partial charge in [-0.05, 0) is 43.3 Å². The van der Waals surface area contributed by atoms with E-state index < -0.39 is 11.4 Å². The molecule has 3 aromatic heterocycles. The van der Waals surface area contributed by atoms with E-state index in [2.05, 4.69) is 4.98 Å². The van der Waals surface area contributed by atoms with Gasteiger partial charge in [0.05, 0.1) is 22.0 Å². The van der Waals surface area contributed by atoms with Crippen LogP contribution in [-0.2, 0) is 7.05 Å². The smallest absolute Gasteiger partial charge is 0.266 e. The van der Waals surface area contributed by atoms with Crippen molar-refractivity contribution in [1.82, 2.24) is 14.1 Å². The Labute approximate surface area is 169 Å². The molecule has 8 heteroatoms. The highest BCUT2D eigenvalue weighted by molar-refractivity contribution is 6.30. The molecule has 0 aliphatic rings. The molecular formula is C21H16ClFN4O2. The SMILES string of the molecule is Cc1ccc2c(N)c(-c3ccc(=O)n(C)c3)c(=O)n(-c3ccc(Cl)c(F)c3)c2n1. The number of aromatic nitrogens is 3. The fraction of sp³-hybridized carbons (Fsp3) is 0.0952. The van der Waals surface area contributed by atoms with Crippen LogP contribution in [-0.4, -0.2) is 14.1 Å². The van der Waals surface area contributed by atoms with Crippen LogP contribution < -0.4 is 16.9 Å². The van der Waals surface area contributed by atoms with Crippen molar-refractivity contribution < 1.29 is 4.39 Å². The Hall–Kier alpha value is -3.45. The summed E-state index contributed by atoms with van der Waals surface area (Å²) in [6, 6.07) is 10.5. The first-order chi connectivity index (χ1) is 13.8. The van der Waals surface area contributed by atoms with Gasteiger partial charge in [0.25, 0.3) is 5.56 Å². The Morgan fingerprint density at radius 3 is 2.55 bits per heavy atom. The summed E-state index contributed by atoms with van der Waals surface area (Å²) in [6.07, 6.45) is 1.54. The number of anilines is 1. The number of hydrogen-bond donors (Lipinski definition) is 1. The van der Waals surface area contributed by atoms with Crippen molar-refractivity contribution in [3.05, 3.63) is 85.9 Å². The van der Waals surface area contributed by atoms with E-state index in [4.69, 9.17) is 17.3 Å². The Kier molecular flexibility index (Phi) is 4.47. The zero-order valence-corrected chi connectivity index (χ0v) is 16.4. The molecule has 0 atom stereocenters. The number of fused-ring (bicyclic) bond motifs is 1. The molecule has 0 bridgehead atoms. The second kappa shape index (κ2) is 6.86. The molecule has 0 aliphatic heterocycles. The van der Waals surface area contributed by atoms with E-state index in [0.717, 1.165) is 0 Å². The minimum Gasteiger partial charge on any atom is -0.397 e. The van der Waals surface area contributed by atoms with Gasteiger partial charge in [-0.15, -0.1) is 0 Å². The summed E-state index contributed by atoms with van der Waals surface area (Å²) >= 11 is 5.81. The monoisotopic (exact) mass is 410 g/mol. The van der Waals surface area contributed by atoms with E-state index in [1.807, 2.05) is 0 Å². The topological polar surface area (TPSA) is 82.9 Å². The molecule has 3 heterocycles. The van der Waals surface area contributed by atoms with E-state index in [0.29, 0.717) is 22.3 Å². The first-order valence-electron chi connectivity index (χ1n) is 8.72. The molecule has 0 unspecified atom stereocenters. The maximum absolute atomic E-state index is 14.1. The van der Waals surface area contributed by atoms with Crippen LogP contribution in [0.1, 0.15) is 5.69 Å². The third kappa shape index (κ3) is 3.09. The van der Waals surface area contributed by atoms with Crippen molar-refractivity contribution in [2.24, 2.45) is 7.05 Å². The number of halogens is 2. The number of benzene rings is 1. The first kappa shape index (κ1) is 18.9. The Morgan fingerprint density at radius 2 is 1.86 bits per heavy atom. The first-order valence-corrected chi connectivity index (χ1v) is 9.10. The van der Waals surface area contributed by atoms with Crippen LogP contribution in [0.25, 0.3) is 27.8 Å². The molecule has 0 amide bonds. The van der Waals surface area contributed by atoms with Gasteiger partial charge in [-0.2, -0.15) is 0 Å². The summed E-state index contributed by atoms with van der Waals surface area (Å²) < 4.78 is 16.8. The molecule has 2 N–H and O–H groups in total. The quantitative estimate of drug-likeness (QED) is 0.548. The lowest BCUT2D eigenvalue weighted by Gasteiger charge is -2.16. The van der Waals surface area contributed by atoms with Gasteiger partial charge in [-0.25, -0.2) is 9.37 Å². The molecule has 0 spiro atoms. The summed E-state index contributed by atoms with van der Waals surface area (Å²) in [5.41, 5.74) is 7.83. The zero-order chi connectivity index (χ0) is 20.9. The average Bonchev–Trinajstić information content (AvgIpc) is 2.67. The van der Waals surface area contributed by atoms with Crippen molar-refractivity contribution in [3.8, 4) is 16.8 Å². The standard InChI is InChI=1S/C21H16ClFN4O2/c1-11-3-6-14-19(24)18(12-4-8-17(28)26(2)10-12)21(29)27(20(14)25-11)13-5-7-15(22)16(23)9-13/h3-10H,24H2,1-2H3. The molecule has 0 aliphatic carbocycles. The van der Waals surface area contributed by atoms with E-state index in [1.54, 1.807) is 26.1 Å². The highest BCUT2D eigenvalue weighted by Gasteiger charge is 2.19. The predicted octanol–water partition coefficient (Wildman–Crippen LogP) is 3.43. The average molecular weight is 411 g/mol. The largest absolute Gasteiger partial charge is 0.397 e. The van der Waals surface area contributed by atoms with E-state index in [9.17, 15) is 14.0 Å². The van der Waals surface area contributed by atoms with Crippen LogP contribution >= 0.6 is 11.6 Å². The van der Waals surface area contributed by atoms with Gasteiger partial charge in [-0.3, -0.25) is 14.2 Å². The van der Waals surface area contributed by atoms with Gasteiger partial charge in [0.2, 0.25) is 5.56 Å². The number of pyridine rings is 3. The Balaban J connectivity index is 2.17. The fourth-order valence-corrected chi connectivity index (χ4v) is 3.38. The number of nitrogen functional groups attached to an aromatic ring is 1. The molecule has 0 radical (unpaired) electrons. The van der Waals surface area contributed by atoms with Gasteiger partial charge in [0.1, 0.15) is 11.5 Å². The lowest BCUT2D eigenvalue weighted by molar-refractivity contribution is 0.627. The van der Waals surface area contributed by atoms with E-state index in [1.165, 1.54) is 45.7 Å². The number of nitrogens with zero attached hydrogens (tertiary/aromatic N) is 3. The third-order valence-corrected chi connectivity index (χ3v) is 5.05. The molecule has 4 rings (SSSR count). The normalized spacial score (nSPS) is 11.2.